The van der Waals surface area contributed by atoms with E-state index in [0.717, 1.165) is 0 Å². The monoisotopic (exact) mass is 163 g/mol. The molecule has 12 heavy (non-hydrogen) atoms. The minimum Gasteiger partial charge on any atom is -0.287 e. The third-order valence-corrected chi connectivity index (χ3v) is 1.60. The summed E-state index contributed by atoms with van der Waals surface area (Å²) < 4.78 is 0. The normalized spacial score (nSPS) is 14.4. The van der Waals surface area contributed by atoms with Crippen molar-refractivity contribution in [3.63, 3.8) is 0 Å². The van der Waals surface area contributed by atoms with Gasteiger partial charge >= 0.3 is 0 Å². The van der Waals surface area contributed by atoms with Gasteiger partial charge in [-0.15, -0.1) is 0 Å². The number of fused-ring (bicyclic) bond motifs is 1. The van der Waals surface area contributed by atoms with Gasteiger partial charge in [0.25, 0.3) is 11.8 Å². The Kier molecular flexibility index (Phi) is 1.21. The van der Waals surface area contributed by atoms with Crippen LogP contribution in [-0.4, -0.2) is 21.8 Å². The first kappa shape index (κ1) is 6.90. The molecule has 1 aliphatic rings. The molecular weight excluding hydrogens is 158 g/mol. The smallest absolute Gasteiger partial charge is 0.277 e. The Morgan fingerprint density at radius 3 is 2.83 bits per heavy atom. The Morgan fingerprint density at radius 2 is 2.08 bits per heavy atom. The minimum atomic E-state index is -0.444. The van der Waals surface area contributed by atoms with Gasteiger partial charge in [-0.2, -0.15) is 0 Å². The molecule has 0 radical (unpaired) electrons. The molecular formula is C7H5N3O2. The molecule has 0 bridgehead atoms. The standard InChI is InChI=1S/C7H5N3O2/c1-3-8-2-4-5(9-3)7(12)10-6(4)11/h2H,1H3,(H,10,11,12). The highest BCUT2D eigenvalue weighted by molar-refractivity contribution is 6.20. The zero-order chi connectivity index (χ0) is 8.72. The van der Waals surface area contributed by atoms with Gasteiger partial charge in [-0.3, -0.25) is 14.9 Å². The van der Waals surface area contributed by atoms with Crippen molar-refractivity contribution in [2.24, 2.45) is 0 Å². The Hall–Kier alpha value is -1.78. The number of carbonyl (C=O) groups excluding carboxylic acids is 2. The van der Waals surface area contributed by atoms with Crippen molar-refractivity contribution < 1.29 is 9.59 Å². The maximum Gasteiger partial charge on any atom is 0.277 e. The lowest BCUT2D eigenvalue weighted by Crippen LogP contribution is -2.20. The summed E-state index contributed by atoms with van der Waals surface area (Å²) in [6.45, 7) is 1.66. The molecule has 2 amide bonds. The molecule has 0 aliphatic carbocycles. The van der Waals surface area contributed by atoms with E-state index in [1.54, 1.807) is 6.92 Å². The largest absolute Gasteiger partial charge is 0.287 e. The number of aryl methyl sites for hydroxylation is 1. The van der Waals surface area contributed by atoms with Crippen LogP contribution in [0.2, 0.25) is 0 Å². The molecule has 0 saturated carbocycles. The topological polar surface area (TPSA) is 72.0 Å². The molecule has 1 aliphatic heterocycles. The summed E-state index contributed by atoms with van der Waals surface area (Å²) in [6.07, 6.45) is 1.36. The number of hydrogen-bond donors (Lipinski definition) is 1. The molecule has 1 aromatic heterocycles. The van der Waals surface area contributed by atoms with Gasteiger partial charge in [-0.1, -0.05) is 0 Å². The summed E-state index contributed by atoms with van der Waals surface area (Å²) in [4.78, 5) is 29.6. The van der Waals surface area contributed by atoms with E-state index in [4.69, 9.17) is 0 Å². The van der Waals surface area contributed by atoms with Gasteiger partial charge in [0.1, 0.15) is 11.5 Å². The summed E-state index contributed by atoms with van der Waals surface area (Å²) in [5.41, 5.74) is 0.429. The summed E-state index contributed by atoms with van der Waals surface area (Å²) >= 11 is 0. The molecule has 0 spiro atoms. The second kappa shape index (κ2) is 2.10. The van der Waals surface area contributed by atoms with Crippen LogP contribution in [0.15, 0.2) is 6.20 Å². The molecule has 1 N–H and O–H groups in total. The maximum absolute atomic E-state index is 11.0. The maximum atomic E-state index is 11.0. The number of rotatable bonds is 0. The fourth-order valence-corrected chi connectivity index (χ4v) is 1.04. The number of imide groups is 1. The Labute approximate surface area is 67.8 Å². The van der Waals surface area contributed by atoms with Crippen molar-refractivity contribution in [3.05, 3.63) is 23.3 Å². The number of nitrogens with one attached hydrogen (secondary N) is 1. The van der Waals surface area contributed by atoms with E-state index < -0.39 is 11.8 Å². The average molecular weight is 163 g/mol. The first-order chi connectivity index (χ1) is 5.68. The number of amides is 2. The summed E-state index contributed by atoms with van der Waals surface area (Å²) in [6, 6.07) is 0. The first-order valence-electron chi connectivity index (χ1n) is 3.38. The summed E-state index contributed by atoms with van der Waals surface area (Å²) in [5.74, 6) is -0.380. The molecule has 2 rings (SSSR count). The van der Waals surface area contributed by atoms with Crippen LogP contribution in [0.3, 0.4) is 0 Å². The van der Waals surface area contributed by atoms with E-state index in [1.165, 1.54) is 6.20 Å². The number of nitrogens with zero attached hydrogens (tertiary/aromatic N) is 2. The molecule has 5 nitrogen and oxygen atoms in total. The van der Waals surface area contributed by atoms with Gasteiger partial charge in [-0.25, -0.2) is 9.97 Å². The van der Waals surface area contributed by atoms with Crippen molar-refractivity contribution in [3.8, 4) is 0 Å². The van der Waals surface area contributed by atoms with Gasteiger partial charge in [0, 0.05) is 6.20 Å². The quantitative estimate of drug-likeness (QED) is 0.531. The van der Waals surface area contributed by atoms with E-state index >= 15 is 0 Å². The fraction of sp³-hybridized carbons (Fsp3) is 0.143. The zero-order valence-electron chi connectivity index (χ0n) is 6.29. The highest BCUT2D eigenvalue weighted by atomic mass is 16.2. The van der Waals surface area contributed by atoms with Gasteiger partial charge in [0.15, 0.2) is 0 Å². The van der Waals surface area contributed by atoms with Crippen molar-refractivity contribution in [2.45, 2.75) is 6.92 Å². The number of hydrogen-bond acceptors (Lipinski definition) is 4. The molecule has 2 heterocycles. The first-order valence-corrected chi connectivity index (χ1v) is 3.38. The van der Waals surface area contributed by atoms with E-state index in [-0.39, 0.29) is 11.3 Å². The Balaban J connectivity index is 2.68. The van der Waals surface area contributed by atoms with Crippen molar-refractivity contribution in [1.82, 2.24) is 15.3 Å². The zero-order valence-corrected chi connectivity index (χ0v) is 6.29. The van der Waals surface area contributed by atoms with Crippen LogP contribution in [0.25, 0.3) is 0 Å². The van der Waals surface area contributed by atoms with Crippen molar-refractivity contribution >= 4 is 11.8 Å². The molecule has 5 heteroatoms. The van der Waals surface area contributed by atoms with Crippen LogP contribution in [0.4, 0.5) is 0 Å². The van der Waals surface area contributed by atoms with Crippen molar-refractivity contribution in [2.75, 3.05) is 0 Å². The van der Waals surface area contributed by atoms with Crippen LogP contribution in [0.5, 0.6) is 0 Å². The van der Waals surface area contributed by atoms with Crippen LogP contribution in [0, 0.1) is 6.92 Å². The van der Waals surface area contributed by atoms with E-state index in [2.05, 4.69) is 15.3 Å². The molecule has 0 saturated heterocycles. The highest BCUT2D eigenvalue weighted by Gasteiger charge is 2.28. The van der Waals surface area contributed by atoms with Crippen LogP contribution in [-0.2, 0) is 0 Å². The highest BCUT2D eigenvalue weighted by Crippen LogP contribution is 2.10. The van der Waals surface area contributed by atoms with Crippen LogP contribution >= 0.6 is 0 Å². The molecule has 1 aromatic rings. The lowest BCUT2D eigenvalue weighted by atomic mass is 10.2. The fourth-order valence-electron chi connectivity index (χ4n) is 1.04. The van der Waals surface area contributed by atoms with E-state index in [1.807, 2.05) is 0 Å². The Morgan fingerprint density at radius 1 is 1.33 bits per heavy atom. The van der Waals surface area contributed by atoms with Gasteiger partial charge in [-0.05, 0) is 6.92 Å². The molecule has 0 aromatic carbocycles. The third-order valence-electron chi connectivity index (χ3n) is 1.60. The molecule has 0 fully saturated rings. The van der Waals surface area contributed by atoms with Crippen molar-refractivity contribution in [1.29, 1.82) is 0 Å². The Bertz CT molecular complexity index is 386. The lowest BCUT2D eigenvalue weighted by molar-refractivity contribution is 0.0878. The van der Waals surface area contributed by atoms with Crippen LogP contribution < -0.4 is 5.32 Å². The average Bonchev–Trinajstić information content (AvgIpc) is 2.28. The second-order valence-electron chi connectivity index (χ2n) is 2.46. The minimum absolute atomic E-state index is 0.174. The molecule has 60 valence electrons. The van der Waals surface area contributed by atoms with Gasteiger partial charge in [0.2, 0.25) is 0 Å². The van der Waals surface area contributed by atoms with E-state index in [9.17, 15) is 9.59 Å². The van der Waals surface area contributed by atoms with Gasteiger partial charge in [0.05, 0.1) is 5.56 Å². The predicted octanol–water partition coefficient (Wildman–Crippen LogP) is -0.331. The van der Waals surface area contributed by atoms with Crippen LogP contribution in [0.1, 0.15) is 26.7 Å². The number of carbonyl (C=O) groups is 2. The third kappa shape index (κ3) is 0.795. The summed E-state index contributed by atoms with van der Waals surface area (Å²) in [5, 5.41) is 2.13. The molecule has 0 atom stereocenters. The van der Waals surface area contributed by atoms with Gasteiger partial charge < -0.3 is 0 Å². The van der Waals surface area contributed by atoms with E-state index in [0.29, 0.717) is 5.82 Å². The SMILES string of the molecule is Cc1ncc2c(n1)C(=O)NC2=O. The second-order valence-corrected chi connectivity index (χ2v) is 2.46. The molecule has 0 unspecified atom stereocenters. The lowest BCUT2D eigenvalue weighted by Gasteiger charge is -1.92. The number of aromatic nitrogens is 2. The predicted molar refractivity (Wildman–Crippen MR) is 38.6 cm³/mol. The summed E-state index contributed by atoms with van der Waals surface area (Å²) in [7, 11) is 0.